The van der Waals surface area contributed by atoms with Gasteiger partial charge in [-0.1, -0.05) is 53.2 Å². The maximum Gasteiger partial charge on any atom is 0.264 e. The van der Waals surface area contributed by atoms with Crippen LogP contribution < -0.4 is 5.56 Å². The molecule has 2 heterocycles. The van der Waals surface area contributed by atoms with Gasteiger partial charge in [-0.05, 0) is 37.4 Å². The Labute approximate surface area is 167 Å². The lowest BCUT2D eigenvalue weighted by Crippen LogP contribution is -2.18. The van der Waals surface area contributed by atoms with Crippen molar-refractivity contribution >= 4 is 22.6 Å². The topological polar surface area (TPSA) is 51.3 Å². The summed E-state index contributed by atoms with van der Waals surface area (Å²) >= 11 is 5.96. The normalized spacial score (nSPS) is 11.5. The number of aromatic nitrogens is 2. The van der Waals surface area contributed by atoms with E-state index >= 15 is 0 Å². The minimum Gasteiger partial charge on any atom is -0.355 e. The summed E-state index contributed by atoms with van der Waals surface area (Å²) in [7, 11) is 5.84. The van der Waals surface area contributed by atoms with Crippen LogP contribution in [0.4, 0.5) is 0 Å². The standard InChI is InChI=1S/C22H20ClN3O2/c1-25(2)13-14-4-6-15(7-5-14)18-12-19-20(22(27)26(18)3)21(24-28-19)16-8-10-17(23)11-9-16/h4-12H,13H2,1-3H3. The Morgan fingerprint density at radius 1 is 1.04 bits per heavy atom. The Bertz CT molecular complexity index is 1190. The number of rotatable bonds is 4. The van der Waals surface area contributed by atoms with Crippen LogP contribution in [0.25, 0.3) is 33.5 Å². The summed E-state index contributed by atoms with van der Waals surface area (Å²) in [6.07, 6.45) is 0. The SMILES string of the molecule is CN(C)Cc1ccc(-c2cc3onc(-c4ccc(Cl)cc4)c3c(=O)n2C)cc1. The molecular formula is C22H20ClN3O2. The molecule has 4 aromatic rings. The molecule has 0 atom stereocenters. The van der Waals surface area contributed by atoms with Crippen molar-refractivity contribution in [3.8, 4) is 22.5 Å². The average molecular weight is 394 g/mol. The molecule has 0 aliphatic carbocycles. The van der Waals surface area contributed by atoms with E-state index in [-0.39, 0.29) is 5.56 Å². The van der Waals surface area contributed by atoms with Gasteiger partial charge in [0.05, 0.1) is 5.69 Å². The number of halogens is 1. The molecule has 5 nitrogen and oxygen atoms in total. The van der Waals surface area contributed by atoms with Gasteiger partial charge in [-0.25, -0.2) is 0 Å². The second kappa shape index (κ2) is 7.26. The summed E-state index contributed by atoms with van der Waals surface area (Å²) in [6, 6.07) is 17.3. The minimum absolute atomic E-state index is 0.143. The van der Waals surface area contributed by atoms with Gasteiger partial charge in [-0.15, -0.1) is 0 Å². The van der Waals surface area contributed by atoms with Crippen molar-refractivity contribution in [2.24, 2.45) is 7.05 Å². The Kier molecular flexibility index (Phi) is 4.79. The zero-order chi connectivity index (χ0) is 19.8. The summed E-state index contributed by atoms with van der Waals surface area (Å²) in [6.45, 7) is 0.866. The van der Waals surface area contributed by atoms with Crippen molar-refractivity contribution < 1.29 is 4.52 Å². The maximum atomic E-state index is 13.1. The number of nitrogens with zero attached hydrogens (tertiary/aromatic N) is 3. The average Bonchev–Trinajstić information content (AvgIpc) is 3.10. The molecule has 4 rings (SSSR count). The monoisotopic (exact) mass is 393 g/mol. The predicted octanol–water partition coefficient (Wildman–Crippen LogP) is 4.58. The van der Waals surface area contributed by atoms with Crippen molar-refractivity contribution in [3.63, 3.8) is 0 Å². The van der Waals surface area contributed by atoms with Crippen LogP contribution in [0, 0.1) is 0 Å². The Balaban J connectivity index is 1.81. The first-order valence-electron chi connectivity index (χ1n) is 8.93. The van der Waals surface area contributed by atoms with E-state index in [0.717, 1.165) is 23.4 Å². The lowest BCUT2D eigenvalue weighted by molar-refractivity contribution is 0.402. The fourth-order valence-corrected chi connectivity index (χ4v) is 3.46. The van der Waals surface area contributed by atoms with E-state index in [1.54, 1.807) is 23.7 Å². The van der Waals surface area contributed by atoms with Gasteiger partial charge in [0.2, 0.25) is 0 Å². The van der Waals surface area contributed by atoms with E-state index in [1.165, 1.54) is 5.56 Å². The van der Waals surface area contributed by atoms with Crippen molar-refractivity contribution in [1.29, 1.82) is 0 Å². The van der Waals surface area contributed by atoms with Crippen LogP contribution in [0.15, 0.2) is 63.9 Å². The summed E-state index contributed by atoms with van der Waals surface area (Å²) in [4.78, 5) is 15.2. The summed E-state index contributed by atoms with van der Waals surface area (Å²) in [5.41, 5.74) is 4.60. The number of hydrogen-bond acceptors (Lipinski definition) is 4. The van der Waals surface area contributed by atoms with Crippen LogP contribution >= 0.6 is 11.6 Å². The molecule has 0 aliphatic heterocycles. The first-order valence-corrected chi connectivity index (χ1v) is 9.31. The van der Waals surface area contributed by atoms with Crippen molar-refractivity contribution in [1.82, 2.24) is 14.6 Å². The lowest BCUT2D eigenvalue weighted by atomic mass is 10.1. The molecular weight excluding hydrogens is 374 g/mol. The molecule has 0 bridgehead atoms. The molecule has 0 spiro atoms. The predicted molar refractivity (Wildman–Crippen MR) is 113 cm³/mol. The number of benzene rings is 2. The second-order valence-electron chi connectivity index (χ2n) is 7.11. The highest BCUT2D eigenvalue weighted by molar-refractivity contribution is 6.30. The molecule has 0 unspecified atom stereocenters. The van der Waals surface area contributed by atoms with Crippen LogP contribution in [0.5, 0.6) is 0 Å². The number of fused-ring (bicyclic) bond motifs is 1. The largest absolute Gasteiger partial charge is 0.355 e. The third kappa shape index (κ3) is 3.35. The van der Waals surface area contributed by atoms with E-state index in [9.17, 15) is 4.79 Å². The van der Waals surface area contributed by atoms with Gasteiger partial charge >= 0.3 is 0 Å². The zero-order valence-corrected chi connectivity index (χ0v) is 16.7. The quantitative estimate of drug-likeness (QED) is 0.509. The molecule has 142 valence electrons. The molecule has 0 N–H and O–H groups in total. The fraction of sp³-hybridized carbons (Fsp3) is 0.182. The summed E-state index contributed by atoms with van der Waals surface area (Å²) < 4.78 is 7.14. The Morgan fingerprint density at radius 2 is 1.68 bits per heavy atom. The third-order valence-electron chi connectivity index (χ3n) is 4.73. The first-order chi connectivity index (χ1) is 13.4. The van der Waals surface area contributed by atoms with Crippen LogP contribution in [-0.4, -0.2) is 28.7 Å². The molecule has 0 radical (unpaired) electrons. The molecule has 2 aromatic carbocycles. The highest BCUT2D eigenvalue weighted by atomic mass is 35.5. The van der Waals surface area contributed by atoms with E-state index in [1.807, 2.05) is 44.4 Å². The van der Waals surface area contributed by atoms with E-state index < -0.39 is 0 Å². The van der Waals surface area contributed by atoms with Gasteiger partial charge in [0.1, 0.15) is 11.1 Å². The second-order valence-corrected chi connectivity index (χ2v) is 7.54. The highest BCUT2D eigenvalue weighted by Gasteiger charge is 2.18. The Hall–Kier alpha value is -2.89. The van der Waals surface area contributed by atoms with Gasteiger partial charge in [0, 0.05) is 30.2 Å². The summed E-state index contributed by atoms with van der Waals surface area (Å²) in [5.74, 6) is 0. The number of hydrogen-bond donors (Lipinski definition) is 0. The molecule has 0 saturated heterocycles. The first kappa shape index (κ1) is 18.5. The molecule has 6 heteroatoms. The van der Waals surface area contributed by atoms with Gasteiger partial charge in [-0.3, -0.25) is 4.79 Å². The molecule has 2 aromatic heterocycles. The van der Waals surface area contributed by atoms with E-state index in [2.05, 4.69) is 22.2 Å². The van der Waals surface area contributed by atoms with Crippen molar-refractivity contribution in [2.75, 3.05) is 14.1 Å². The van der Waals surface area contributed by atoms with Gasteiger partial charge in [0.15, 0.2) is 5.58 Å². The number of pyridine rings is 1. The van der Waals surface area contributed by atoms with Gasteiger partial charge in [-0.2, -0.15) is 0 Å². The van der Waals surface area contributed by atoms with Gasteiger partial charge in [0.25, 0.3) is 5.56 Å². The smallest absolute Gasteiger partial charge is 0.264 e. The summed E-state index contributed by atoms with van der Waals surface area (Å²) in [5, 5.41) is 5.24. The van der Waals surface area contributed by atoms with Crippen LogP contribution in [-0.2, 0) is 13.6 Å². The molecule has 0 aliphatic rings. The minimum atomic E-state index is -0.143. The highest BCUT2D eigenvalue weighted by Crippen LogP contribution is 2.29. The fourth-order valence-electron chi connectivity index (χ4n) is 3.33. The molecule has 0 fully saturated rings. The third-order valence-corrected chi connectivity index (χ3v) is 4.98. The lowest BCUT2D eigenvalue weighted by Gasteiger charge is -2.12. The van der Waals surface area contributed by atoms with E-state index in [4.69, 9.17) is 16.1 Å². The van der Waals surface area contributed by atoms with Crippen LogP contribution in [0.2, 0.25) is 5.02 Å². The molecule has 28 heavy (non-hydrogen) atoms. The van der Waals surface area contributed by atoms with Crippen LogP contribution in [0.1, 0.15) is 5.56 Å². The zero-order valence-electron chi connectivity index (χ0n) is 15.9. The van der Waals surface area contributed by atoms with Gasteiger partial charge < -0.3 is 14.0 Å². The molecule has 0 amide bonds. The maximum absolute atomic E-state index is 13.1. The molecule has 0 saturated carbocycles. The van der Waals surface area contributed by atoms with Crippen molar-refractivity contribution in [2.45, 2.75) is 6.54 Å². The van der Waals surface area contributed by atoms with Crippen molar-refractivity contribution in [3.05, 3.63) is 75.5 Å². The van der Waals surface area contributed by atoms with E-state index in [0.29, 0.717) is 21.7 Å². The van der Waals surface area contributed by atoms with Crippen LogP contribution in [0.3, 0.4) is 0 Å². The Morgan fingerprint density at radius 3 is 2.32 bits per heavy atom.